The van der Waals surface area contributed by atoms with Gasteiger partial charge >= 0.3 is 0 Å². The van der Waals surface area contributed by atoms with Crippen LogP contribution in [0, 0.1) is 5.92 Å². The van der Waals surface area contributed by atoms with Crippen LogP contribution in [-0.2, 0) is 13.0 Å². The van der Waals surface area contributed by atoms with E-state index >= 15 is 0 Å². The fourth-order valence-corrected chi connectivity index (χ4v) is 3.10. The Morgan fingerprint density at radius 3 is 2.80 bits per heavy atom. The molecule has 2 rings (SSSR count). The summed E-state index contributed by atoms with van der Waals surface area (Å²) >= 11 is 0. The van der Waals surface area contributed by atoms with Crippen LogP contribution in [0.4, 0.5) is 5.69 Å². The lowest BCUT2D eigenvalue weighted by molar-refractivity contribution is 0.224. The molecule has 1 aromatic carbocycles. The second kappa shape index (κ2) is 7.09. The van der Waals surface area contributed by atoms with Gasteiger partial charge in [-0.3, -0.25) is 0 Å². The zero-order valence-corrected chi connectivity index (χ0v) is 13.4. The third-order valence-electron chi connectivity index (χ3n) is 4.26. The number of aryl methyl sites for hydroxylation is 1. The molecule has 1 atom stereocenters. The van der Waals surface area contributed by atoms with Crippen LogP contribution in [0.5, 0.6) is 0 Å². The molecule has 1 aliphatic heterocycles. The van der Waals surface area contributed by atoms with Crippen LogP contribution in [0.25, 0.3) is 0 Å². The zero-order valence-electron chi connectivity index (χ0n) is 13.4. The third-order valence-corrected chi connectivity index (χ3v) is 4.26. The van der Waals surface area contributed by atoms with Crippen molar-refractivity contribution in [3.63, 3.8) is 0 Å². The molecule has 112 valence electrons. The predicted molar refractivity (Wildman–Crippen MR) is 87.3 cm³/mol. The Labute approximate surface area is 123 Å². The van der Waals surface area contributed by atoms with Crippen molar-refractivity contribution in [1.29, 1.82) is 0 Å². The van der Waals surface area contributed by atoms with Crippen LogP contribution in [0.15, 0.2) is 18.2 Å². The maximum absolute atomic E-state index is 3.63. The number of nitrogens with zero attached hydrogens (tertiary/aromatic N) is 1. The Hall–Kier alpha value is -1.06. The molecule has 0 amide bonds. The van der Waals surface area contributed by atoms with Crippen molar-refractivity contribution in [2.75, 3.05) is 32.5 Å². The molecule has 1 heterocycles. The molecule has 0 spiro atoms. The summed E-state index contributed by atoms with van der Waals surface area (Å²) in [6.45, 7) is 7.68. The van der Waals surface area contributed by atoms with Gasteiger partial charge in [-0.2, -0.15) is 0 Å². The number of nitrogens with one attached hydrogen (secondary N) is 2. The minimum atomic E-state index is 0.586. The summed E-state index contributed by atoms with van der Waals surface area (Å²) in [6.07, 6.45) is 2.46. The molecule has 0 bridgehead atoms. The number of para-hydroxylation sites is 1. The second-order valence-corrected chi connectivity index (χ2v) is 6.39. The van der Waals surface area contributed by atoms with Gasteiger partial charge in [0.25, 0.3) is 0 Å². The highest BCUT2D eigenvalue weighted by Crippen LogP contribution is 2.25. The van der Waals surface area contributed by atoms with E-state index in [9.17, 15) is 0 Å². The fraction of sp³-hybridized carbons (Fsp3) is 0.647. The molecule has 3 heteroatoms. The van der Waals surface area contributed by atoms with E-state index in [0.717, 1.165) is 19.6 Å². The summed E-state index contributed by atoms with van der Waals surface area (Å²) in [7, 11) is 4.33. The van der Waals surface area contributed by atoms with Crippen LogP contribution < -0.4 is 10.6 Å². The molecule has 1 aliphatic rings. The lowest BCUT2D eigenvalue weighted by Crippen LogP contribution is -2.41. The first-order valence-corrected chi connectivity index (χ1v) is 7.81. The van der Waals surface area contributed by atoms with Gasteiger partial charge in [-0.1, -0.05) is 32.0 Å². The van der Waals surface area contributed by atoms with Gasteiger partial charge in [0, 0.05) is 31.4 Å². The number of hydrogen-bond donors (Lipinski definition) is 2. The van der Waals surface area contributed by atoms with Crippen molar-refractivity contribution in [1.82, 2.24) is 10.2 Å². The Kier molecular flexibility index (Phi) is 5.44. The van der Waals surface area contributed by atoms with E-state index in [0.29, 0.717) is 12.0 Å². The average molecular weight is 275 g/mol. The van der Waals surface area contributed by atoms with Crippen molar-refractivity contribution in [2.45, 2.75) is 39.3 Å². The Morgan fingerprint density at radius 2 is 2.10 bits per heavy atom. The van der Waals surface area contributed by atoms with Gasteiger partial charge in [-0.15, -0.1) is 0 Å². The first-order chi connectivity index (χ1) is 9.59. The molecule has 20 heavy (non-hydrogen) atoms. The Morgan fingerprint density at radius 1 is 1.30 bits per heavy atom. The molecular formula is C17H29N3. The van der Waals surface area contributed by atoms with Crippen LogP contribution in [-0.4, -0.2) is 38.1 Å². The zero-order chi connectivity index (χ0) is 14.5. The molecule has 0 aromatic heterocycles. The monoisotopic (exact) mass is 275 g/mol. The van der Waals surface area contributed by atoms with E-state index in [1.54, 1.807) is 0 Å². The van der Waals surface area contributed by atoms with E-state index in [4.69, 9.17) is 0 Å². The molecule has 0 saturated heterocycles. The number of anilines is 1. The van der Waals surface area contributed by atoms with E-state index in [-0.39, 0.29) is 0 Å². The maximum atomic E-state index is 3.63. The van der Waals surface area contributed by atoms with Crippen molar-refractivity contribution >= 4 is 5.69 Å². The summed E-state index contributed by atoms with van der Waals surface area (Å²) in [5.41, 5.74) is 4.25. The minimum Gasteiger partial charge on any atom is -0.385 e. The molecule has 0 radical (unpaired) electrons. The summed E-state index contributed by atoms with van der Waals surface area (Å²) < 4.78 is 0. The molecule has 0 aliphatic carbocycles. The van der Waals surface area contributed by atoms with Crippen molar-refractivity contribution in [3.05, 3.63) is 29.3 Å². The van der Waals surface area contributed by atoms with Gasteiger partial charge in [-0.05, 0) is 44.0 Å². The number of benzene rings is 1. The highest BCUT2D eigenvalue weighted by molar-refractivity contribution is 5.59. The molecule has 1 aromatic rings. The molecular weight excluding hydrogens is 246 g/mol. The van der Waals surface area contributed by atoms with Crippen LogP contribution in [0.1, 0.15) is 31.4 Å². The average Bonchev–Trinajstić information content (AvgIpc) is 2.42. The van der Waals surface area contributed by atoms with Crippen molar-refractivity contribution < 1.29 is 0 Å². The maximum Gasteiger partial charge on any atom is 0.0418 e. The predicted octanol–water partition coefficient (Wildman–Crippen LogP) is 2.72. The van der Waals surface area contributed by atoms with E-state index in [1.807, 2.05) is 0 Å². The van der Waals surface area contributed by atoms with Gasteiger partial charge in [0.05, 0.1) is 0 Å². The van der Waals surface area contributed by atoms with Crippen molar-refractivity contribution in [2.24, 2.45) is 5.92 Å². The van der Waals surface area contributed by atoms with Gasteiger partial charge < -0.3 is 15.5 Å². The summed E-state index contributed by atoms with van der Waals surface area (Å²) in [5, 5.41) is 7.20. The third kappa shape index (κ3) is 3.74. The van der Waals surface area contributed by atoms with Gasteiger partial charge in [0.15, 0.2) is 0 Å². The minimum absolute atomic E-state index is 0.586. The highest BCUT2D eigenvalue weighted by atomic mass is 15.1. The lowest BCUT2D eigenvalue weighted by atomic mass is 9.99. The second-order valence-electron chi connectivity index (χ2n) is 6.39. The van der Waals surface area contributed by atoms with Gasteiger partial charge in [0.1, 0.15) is 0 Å². The number of fused-ring (bicyclic) bond motifs is 1. The number of rotatable bonds is 6. The van der Waals surface area contributed by atoms with Crippen molar-refractivity contribution in [3.8, 4) is 0 Å². The Balaban J connectivity index is 1.94. The van der Waals surface area contributed by atoms with E-state index in [2.05, 4.69) is 61.7 Å². The van der Waals surface area contributed by atoms with Crippen LogP contribution in [0.2, 0.25) is 0 Å². The first kappa shape index (κ1) is 15.3. The highest BCUT2D eigenvalue weighted by Gasteiger charge is 2.16. The summed E-state index contributed by atoms with van der Waals surface area (Å²) in [4.78, 5) is 2.32. The molecule has 0 saturated carbocycles. The molecule has 3 nitrogen and oxygen atoms in total. The largest absolute Gasteiger partial charge is 0.385 e. The normalized spacial score (nSPS) is 16.1. The SMILES string of the molecule is CC(C)C(CNCc1cccc2c1NCCC2)N(C)C. The molecule has 1 unspecified atom stereocenters. The molecule has 0 fully saturated rings. The summed E-state index contributed by atoms with van der Waals surface area (Å²) in [6, 6.07) is 7.27. The summed E-state index contributed by atoms with van der Waals surface area (Å²) in [5.74, 6) is 0.667. The lowest BCUT2D eigenvalue weighted by Gasteiger charge is -2.28. The van der Waals surface area contributed by atoms with Gasteiger partial charge in [0.2, 0.25) is 0 Å². The van der Waals surface area contributed by atoms with Crippen LogP contribution >= 0.6 is 0 Å². The quantitative estimate of drug-likeness (QED) is 0.836. The Bertz CT molecular complexity index is 418. The van der Waals surface area contributed by atoms with E-state index < -0.39 is 0 Å². The topological polar surface area (TPSA) is 27.3 Å². The molecule has 2 N–H and O–H groups in total. The first-order valence-electron chi connectivity index (χ1n) is 7.81. The smallest absolute Gasteiger partial charge is 0.0418 e. The van der Waals surface area contributed by atoms with E-state index in [1.165, 1.54) is 29.7 Å². The number of hydrogen-bond acceptors (Lipinski definition) is 3. The van der Waals surface area contributed by atoms with Crippen LogP contribution in [0.3, 0.4) is 0 Å². The number of likely N-dealkylation sites (N-methyl/N-ethyl adjacent to an activating group) is 1. The van der Waals surface area contributed by atoms with Gasteiger partial charge in [-0.25, -0.2) is 0 Å². The standard InChI is InChI=1S/C17H29N3/c1-13(2)16(20(3)4)12-18-11-15-8-5-7-14-9-6-10-19-17(14)15/h5,7-8,13,16,18-19H,6,9-12H2,1-4H3. The fourth-order valence-electron chi connectivity index (χ4n) is 3.10.